The van der Waals surface area contributed by atoms with Crippen molar-refractivity contribution in [3.63, 3.8) is 0 Å². The Hall–Kier alpha value is -4.00. The van der Waals surface area contributed by atoms with Crippen LogP contribution in [-0.2, 0) is 33.7 Å². The number of methoxy groups -OCH3 is 1. The van der Waals surface area contributed by atoms with Crippen LogP contribution in [0.2, 0.25) is 0 Å². The molecule has 1 fully saturated rings. The number of ether oxygens (including phenoxy) is 2. The minimum absolute atomic E-state index is 0.0542. The number of hydrogen-bond acceptors (Lipinski definition) is 10. The third kappa shape index (κ3) is 8.60. The molecule has 1 saturated heterocycles. The first-order valence-electron chi connectivity index (χ1n) is 16.9. The van der Waals surface area contributed by atoms with Crippen LogP contribution in [-0.4, -0.2) is 95.2 Å². The van der Waals surface area contributed by atoms with Crippen molar-refractivity contribution in [2.75, 3.05) is 51.8 Å². The Balaban J connectivity index is 1.52. The summed E-state index contributed by atoms with van der Waals surface area (Å²) in [5.41, 5.74) is 6.23. The highest BCUT2D eigenvalue weighted by Gasteiger charge is 2.28. The molecule has 2 N–H and O–H groups in total. The summed E-state index contributed by atoms with van der Waals surface area (Å²) in [5, 5.41) is 16.8. The number of aliphatic hydroxyl groups is 1. The van der Waals surface area contributed by atoms with E-state index in [1.165, 1.54) is 18.4 Å². The Morgan fingerprint density at radius 3 is 2.45 bits per heavy atom. The first-order chi connectivity index (χ1) is 23.2. The van der Waals surface area contributed by atoms with Gasteiger partial charge in [-0.2, -0.15) is 0 Å². The number of anilines is 1. The normalized spacial score (nSPS) is 15.0. The smallest absolute Gasteiger partial charge is 0.408 e. The van der Waals surface area contributed by atoms with Crippen molar-refractivity contribution in [2.24, 2.45) is 5.41 Å². The number of esters is 1. The molecule has 0 radical (unpaired) electrons. The number of thiazole rings is 1. The number of rotatable bonds is 11. The van der Waals surface area contributed by atoms with E-state index >= 15 is 0 Å². The Morgan fingerprint density at radius 1 is 1.06 bits per heavy atom. The van der Waals surface area contributed by atoms with Gasteiger partial charge in [0.25, 0.3) is 0 Å². The maximum absolute atomic E-state index is 12.6. The molecule has 264 valence electrons. The molecular weight excluding hydrogens is 641 g/mol. The number of aromatic nitrogens is 3. The molecule has 5 rings (SSSR count). The highest BCUT2D eigenvalue weighted by molar-refractivity contribution is 7.10. The van der Waals surface area contributed by atoms with E-state index in [0.717, 1.165) is 77.4 Å². The Labute approximate surface area is 293 Å². The van der Waals surface area contributed by atoms with Crippen molar-refractivity contribution < 1.29 is 24.2 Å². The monoisotopic (exact) mass is 690 g/mol. The van der Waals surface area contributed by atoms with Gasteiger partial charge in [-0.1, -0.05) is 19.9 Å². The van der Waals surface area contributed by atoms with Crippen molar-refractivity contribution in [3.05, 3.63) is 52.6 Å². The van der Waals surface area contributed by atoms with Crippen LogP contribution >= 0.6 is 11.3 Å². The third-order valence-electron chi connectivity index (χ3n) is 8.84. The van der Waals surface area contributed by atoms with Crippen molar-refractivity contribution in [1.29, 1.82) is 0 Å². The number of aliphatic hydroxyl groups excluding tert-OH is 1. The van der Waals surface area contributed by atoms with E-state index in [9.17, 15) is 14.7 Å². The maximum Gasteiger partial charge on any atom is 0.408 e. The van der Waals surface area contributed by atoms with Crippen LogP contribution in [0.4, 0.5) is 10.5 Å². The van der Waals surface area contributed by atoms with E-state index in [-0.39, 0.29) is 18.4 Å². The fourth-order valence-electron chi connectivity index (χ4n) is 6.25. The number of carbonyl (C=O) groups excluding carboxylic acids is 2. The number of benzene rings is 1. The minimum atomic E-state index is -0.940. The molecule has 1 atom stereocenters. The maximum atomic E-state index is 12.6. The SMILES string of the molecule is CCn1c(-c2cncc(N3CCN(C)CC3)c2)c(CC(C)(C)CO)c2cc(-c3csc(C[C@H](NC(=O)OC(C)(C)C)C(=O)OC)n3)ccc21. The molecule has 0 spiro atoms. The van der Waals surface area contributed by atoms with Gasteiger partial charge in [0.2, 0.25) is 0 Å². The molecule has 4 aromatic rings. The number of hydrogen-bond donors (Lipinski definition) is 2. The third-order valence-corrected chi connectivity index (χ3v) is 9.71. The summed E-state index contributed by atoms with van der Waals surface area (Å²) in [5.74, 6) is -0.570. The zero-order valence-corrected chi connectivity index (χ0v) is 30.8. The molecule has 1 aliphatic heterocycles. The lowest BCUT2D eigenvalue weighted by Crippen LogP contribution is -2.45. The number of piperazine rings is 1. The summed E-state index contributed by atoms with van der Waals surface area (Å²) in [6, 6.07) is 7.72. The topological polar surface area (TPSA) is 122 Å². The summed E-state index contributed by atoms with van der Waals surface area (Å²) in [6.07, 6.45) is 4.05. The van der Waals surface area contributed by atoms with E-state index in [1.807, 2.05) is 17.8 Å². The number of likely N-dealkylation sites (N-methyl/N-ethyl adjacent to an activating group) is 1. The average molecular weight is 691 g/mol. The fourth-order valence-corrected chi connectivity index (χ4v) is 7.10. The Kier molecular flexibility index (Phi) is 11.0. The number of fused-ring (bicyclic) bond motifs is 1. The van der Waals surface area contributed by atoms with Gasteiger partial charge in [0.15, 0.2) is 0 Å². The van der Waals surface area contributed by atoms with Gasteiger partial charge in [-0.05, 0) is 70.3 Å². The zero-order chi connectivity index (χ0) is 35.5. The second-order valence-corrected chi connectivity index (χ2v) is 15.5. The average Bonchev–Trinajstić information content (AvgIpc) is 3.65. The summed E-state index contributed by atoms with van der Waals surface area (Å²) in [4.78, 5) is 39.4. The van der Waals surface area contributed by atoms with Crippen molar-refractivity contribution in [3.8, 4) is 22.5 Å². The second kappa shape index (κ2) is 14.9. The first-order valence-corrected chi connectivity index (χ1v) is 17.8. The van der Waals surface area contributed by atoms with Gasteiger partial charge in [-0.25, -0.2) is 14.6 Å². The van der Waals surface area contributed by atoms with Crippen LogP contribution in [0.5, 0.6) is 0 Å². The van der Waals surface area contributed by atoms with Gasteiger partial charge < -0.3 is 34.3 Å². The van der Waals surface area contributed by atoms with Crippen molar-refractivity contribution in [1.82, 2.24) is 24.8 Å². The van der Waals surface area contributed by atoms with Crippen LogP contribution in [0, 0.1) is 5.41 Å². The molecular formula is C37H50N6O5S. The van der Waals surface area contributed by atoms with E-state index in [0.29, 0.717) is 11.4 Å². The van der Waals surface area contributed by atoms with Crippen molar-refractivity contribution in [2.45, 2.75) is 72.6 Å². The molecule has 3 aromatic heterocycles. The van der Waals surface area contributed by atoms with E-state index in [4.69, 9.17) is 19.4 Å². The van der Waals surface area contributed by atoms with Crippen LogP contribution in [0.1, 0.15) is 52.1 Å². The Morgan fingerprint density at radius 2 is 1.80 bits per heavy atom. The molecule has 0 saturated carbocycles. The number of nitrogens with one attached hydrogen (secondary N) is 1. The van der Waals surface area contributed by atoms with Crippen molar-refractivity contribution >= 4 is 40.0 Å². The van der Waals surface area contributed by atoms with Gasteiger partial charge in [0.1, 0.15) is 11.6 Å². The number of aryl methyl sites for hydroxylation is 1. The lowest BCUT2D eigenvalue weighted by atomic mass is 9.84. The predicted molar refractivity (Wildman–Crippen MR) is 195 cm³/mol. The summed E-state index contributed by atoms with van der Waals surface area (Å²) >= 11 is 1.42. The molecule has 49 heavy (non-hydrogen) atoms. The number of nitrogens with zero attached hydrogens (tertiary/aromatic N) is 5. The number of amides is 1. The lowest BCUT2D eigenvalue weighted by molar-refractivity contribution is -0.143. The van der Waals surface area contributed by atoms with E-state index in [1.54, 1.807) is 20.8 Å². The van der Waals surface area contributed by atoms with Gasteiger partial charge in [-0.15, -0.1) is 11.3 Å². The summed E-state index contributed by atoms with van der Waals surface area (Å²) < 4.78 is 12.7. The molecule has 0 aliphatic carbocycles. The number of carbonyl (C=O) groups is 2. The first kappa shape index (κ1) is 36.3. The molecule has 0 unspecified atom stereocenters. The second-order valence-electron chi connectivity index (χ2n) is 14.6. The molecule has 0 bridgehead atoms. The van der Waals surface area contributed by atoms with Crippen LogP contribution < -0.4 is 10.2 Å². The molecule has 1 aliphatic rings. The summed E-state index contributed by atoms with van der Waals surface area (Å²) in [6.45, 7) is 16.4. The summed E-state index contributed by atoms with van der Waals surface area (Å²) in [7, 11) is 3.45. The molecule has 4 heterocycles. The minimum Gasteiger partial charge on any atom is -0.467 e. The van der Waals surface area contributed by atoms with Gasteiger partial charge in [0.05, 0.1) is 35.4 Å². The fraction of sp³-hybridized carbons (Fsp3) is 0.514. The number of pyridine rings is 1. The van der Waals surface area contributed by atoms with Crippen LogP contribution in [0.15, 0.2) is 42.0 Å². The molecule has 12 heteroatoms. The highest BCUT2D eigenvalue weighted by Crippen LogP contribution is 2.40. The highest BCUT2D eigenvalue weighted by atomic mass is 32.1. The number of alkyl carbamates (subject to hydrolysis) is 1. The molecule has 1 amide bonds. The van der Waals surface area contributed by atoms with Crippen LogP contribution in [0.25, 0.3) is 33.4 Å². The lowest BCUT2D eigenvalue weighted by Gasteiger charge is -2.34. The Bertz CT molecular complexity index is 1780. The van der Waals surface area contributed by atoms with Gasteiger partial charge in [0, 0.05) is 79.4 Å². The van der Waals surface area contributed by atoms with E-state index in [2.05, 4.69) is 71.8 Å². The molecule has 11 nitrogen and oxygen atoms in total. The van der Waals surface area contributed by atoms with E-state index < -0.39 is 23.7 Å². The standard InChI is InChI=1S/C37H50N6O5S/c1-9-43-31-11-10-24(30-22-49-32(39-30)18-29(34(45)47-8)40-35(46)48-36(2,3)4)17-27(31)28(19-37(5,6)23-44)33(43)25-16-26(21-38-20-25)42-14-12-41(7)13-15-42/h10-11,16-17,20-22,29,44H,9,12-15,18-19,23H2,1-8H3,(H,40,46)/t29-/m0/s1. The zero-order valence-electron chi connectivity index (χ0n) is 30.0. The quantitative estimate of drug-likeness (QED) is 0.189. The molecule has 1 aromatic carbocycles. The van der Waals surface area contributed by atoms with Crippen LogP contribution in [0.3, 0.4) is 0 Å². The largest absolute Gasteiger partial charge is 0.467 e. The van der Waals surface area contributed by atoms with Gasteiger partial charge >= 0.3 is 12.1 Å². The van der Waals surface area contributed by atoms with Gasteiger partial charge in [-0.3, -0.25) is 4.98 Å². The predicted octanol–water partition coefficient (Wildman–Crippen LogP) is 5.77.